The molecule has 0 aliphatic rings. The van der Waals surface area contributed by atoms with Gasteiger partial charge in [-0.2, -0.15) is 0 Å². The molecular formula is C14H23NO+. The molecule has 0 N–H and O–H groups in total. The largest absolute Gasteiger partial charge is 0.138 e. The fourth-order valence-electron chi connectivity index (χ4n) is 2.05. The molecule has 0 aliphatic carbocycles. The molecule has 1 aromatic carbocycles. The molecule has 2 nitrogen and oxygen atoms in total. The van der Waals surface area contributed by atoms with Crippen molar-refractivity contribution >= 4 is 0 Å². The average Bonchev–Trinajstić information content (AvgIpc) is 2.17. The summed E-state index contributed by atoms with van der Waals surface area (Å²) in [6, 6.07) is 10.1. The van der Waals surface area contributed by atoms with Gasteiger partial charge in [0.15, 0.2) is 0 Å². The molecule has 0 saturated carbocycles. The first-order valence-electron chi connectivity index (χ1n) is 5.90. The van der Waals surface area contributed by atoms with Crippen LogP contribution in [0, 0.1) is 0 Å². The number of hydrogen-bond donors (Lipinski definition) is 0. The number of nitrogens with zero attached hydrogens (tertiary/aromatic N) is 1. The van der Waals surface area contributed by atoms with Crippen LogP contribution in [0.3, 0.4) is 0 Å². The van der Waals surface area contributed by atoms with Crippen molar-refractivity contribution in [3.8, 4) is 0 Å². The van der Waals surface area contributed by atoms with E-state index in [2.05, 4.69) is 0 Å². The maximum absolute atomic E-state index is 12.9. The second kappa shape index (κ2) is 4.56. The Morgan fingerprint density at radius 3 is 2.00 bits per heavy atom. The molecule has 1 radical (unpaired) electrons. The lowest BCUT2D eigenvalue weighted by molar-refractivity contribution is -1.18. The van der Waals surface area contributed by atoms with E-state index < -0.39 is 0 Å². The van der Waals surface area contributed by atoms with Crippen molar-refractivity contribution in [1.82, 2.24) is 0 Å². The van der Waals surface area contributed by atoms with Crippen molar-refractivity contribution in [2.75, 3.05) is 0 Å². The van der Waals surface area contributed by atoms with E-state index in [1.54, 1.807) is 0 Å². The predicted molar refractivity (Wildman–Crippen MR) is 66.0 cm³/mol. The summed E-state index contributed by atoms with van der Waals surface area (Å²) in [5, 5.41) is 12.9. The fraction of sp³-hybridized carbons (Fsp3) is 0.571. The van der Waals surface area contributed by atoms with Crippen LogP contribution in [0.2, 0.25) is 0 Å². The highest BCUT2D eigenvalue weighted by Gasteiger charge is 2.45. The minimum absolute atomic E-state index is 0.0696. The molecule has 0 amide bonds. The first kappa shape index (κ1) is 13.2. The van der Waals surface area contributed by atoms with E-state index >= 15 is 0 Å². The number of benzene rings is 1. The molecule has 0 bridgehead atoms. The van der Waals surface area contributed by atoms with Crippen LogP contribution in [0.4, 0.5) is 0 Å². The van der Waals surface area contributed by atoms with Crippen LogP contribution in [0.5, 0.6) is 0 Å². The molecule has 0 aromatic heterocycles. The summed E-state index contributed by atoms with van der Waals surface area (Å²) >= 11 is 0. The Bertz CT molecular complexity index is 326. The molecule has 2 heteroatoms. The standard InChI is InChI=1S/C14H23NO/c1-12(2)15(16,14(3,4)5)11-13-9-7-6-8-10-13/h6-10,12H,11H2,1-5H3/q+1. The van der Waals surface area contributed by atoms with E-state index in [0.29, 0.717) is 6.54 Å². The van der Waals surface area contributed by atoms with Crippen molar-refractivity contribution in [3.05, 3.63) is 35.9 Å². The molecule has 16 heavy (non-hydrogen) atoms. The van der Waals surface area contributed by atoms with E-state index in [-0.39, 0.29) is 16.2 Å². The minimum Gasteiger partial charge on any atom is -0.132 e. The third kappa shape index (κ3) is 2.63. The summed E-state index contributed by atoms with van der Waals surface area (Å²) in [5.74, 6) is 0. The van der Waals surface area contributed by atoms with E-state index in [9.17, 15) is 5.21 Å². The summed E-state index contributed by atoms with van der Waals surface area (Å²) in [6.45, 7) is 10.6. The summed E-state index contributed by atoms with van der Waals surface area (Å²) in [4.78, 5) is 0. The first-order valence-corrected chi connectivity index (χ1v) is 5.90. The Morgan fingerprint density at radius 1 is 1.12 bits per heavy atom. The van der Waals surface area contributed by atoms with Crippen molar-refractivity contribution in [1.29, 1.82) is 0 Å². The molecule has 0 saturated heterocycles. The molecule has 0 heterocycles. The fourth-order valence-corrected chi connectivity index (χ4v) is 2.05. The van der Waals surface area contributed by atoms with Crippen molar-refractivity contribution < 1.29 is 9.85 Å². The van der Waals surface area contributed by atoms with Gasteiger partial charge in [0.05, 0.1) is 0 Å². The number of hydroxylamine groups is 3. The Morgan fingerprint density at radius 2 is 1.62 bits per heavy atom. The zero-order valence-electron chi connectivity index (χ0n) is 11.0. The highest BCUT2D eigenvalue weighted by atomic mass is 16.6. The van der Waals surface area contributed by atoms with Crippen LogP contribution in [0.15, 0.2) is 30.3 Å². The monoisotopic (exact) mass is 221 g/mol. The Balaban J connectivity index is 2.98. The van der Waals surface area contributed by atoms with Gasteiger partial charge in [0, 0.05) is 10.8 Å². The van der Waals surface area contributed by atoms with E-state index in [1.165, 1.54) is 0 Å². The van der Waals surface area contributed by atoms with Gasteiger partial charge in [-0.1, -0.05) is 30.3 Å². The maximum atomic E-state index is 12.9. The van der Waals surface area contributed by atoms with Crippen LogP contribution < -0.4 is 0 Å². The normalized spacial score (nSPS) is 16.2. The molecule has 1 unspecified atom stereocenters. The van der Waals surface area contributed by atoms with Gasteiger partial charge in [-0.15, -0.1) is 4.65 Å². The zero-order chi connectivity index (χ0) is 12.4. The quantitative estimate of drug-likeness (QED) is 0.549. The third-order valence-electron chi connectivity index (χ3n) is 3.23. The maximum Gasteiger partial charge on any atom is 0.138 e. The molecule has 1 aromatic rings. The summed E-state index contributed by atoms with van der Waals surface area (Å²) in [5.41, 5.74) is 0.824. The molecule has 0 aliphatic heterocycles. The lowest BCUT2D eigenvalue weighted by Crippen LogP contribution is -2.59. The van der Waals surface area contributed by atoms with E-state index in [1.807, 2.05) is 65.0 Å². The third-order valence-corrected chi connectivity index (χ3v) is 3.23. The van der Waals surface area contributed by atoms with E-state index in [4.69, 9.17) is 0 Å². The highest BCUT2D eigenvalue weighted by Crippen LogP contribution is 2.29. The van der Waals surface area contributed by atoms with Crippen LogP contribution in [0.1, 0.15) is 40.2 Å². The van der Waals surface area contributed by atoms with Crippen LogP contribution in [0.25, 0.3) is 0 Å². The van der Waals surface area contributed by atoms with Crippen molar-refractivity contribution in [2.45, 2.75) is 52.7 Å². The number of hydrogen-bond acceptors (Lipinski definition) is 0. The van der Waals surface area contributed by atoms with Crippen LogP contribution in [-0.2, 0) is 11.8 Å². The molecule has 0 fully saturated rings. The highest BCUT2D eigenvalue weighted by molar-refractivity contribution is 5.13. The summed E-state index contributed by atoms with van der Waals surface area (Å²) in [6.07, 6.45) is 0. The Hall–Kier alpha value is -0.860. The second-order valence-corrected chi connectivity index (χ2v) is 5.70. The van der Waals surface area contributed by atoms with E-state index in [0.717, 1.165) is 5.56 Å². The topological polar surface area (TPSA) is 19.9 Å². The number of rotatable bonds is 3. The molecule has 1 atom stereocenters. The van der Waals surface area contributed by atoms with Gasteiger partial charge in [0.2, 0.25) is 0 Å². The van der Waals surface area contributed by atoms with Crippen molar-refractivity contribution in [3.63, 3.8) is 0 Å². The average molecular weight is 221 g/mol. The molecular weight excluding hydrogens is 198 g/mol. The molecule has 89 valence electrons. The van der Waals surface area contributed by atoms with Crippen molar-refractivity contribution in [2.24, 2.45) is 0 Å². The minimum atomic E-state index is -0.288. The Labute approximate surface area is 99.1 Å². The van der Waals surface area contributed by atoms with Crippen LogP contribution in [-0.4, -0.2) is 16.2 Å². The van der Waals surface area contributed by atoms with Gasteiger partial charge in [-0.3, -0.25) is 0 Å². The van der Waals surface area contributed by atoms with Gasteiger partial charge < -0.3 is 0 Å². The van der Waals surface area contributed by atoms with Gasteiger partial charge in [-0.25, -0.2) is 0 Å². The number of quaternary nitrogens is 1. The van der Waals surface area contributed by atoms with Gasteiger partial charge >= 0.3 is 0 Å². The smallest absolute Gasteiger partial charge is 0.132 e. The van der Waals surface area contributed by atoms with Gasteiger partial charge in [0.25, 0.3) is 0 Å². The molecule has 0 spiro atoms. The summed E-state index contributed by atoms with van der Waals surface area (Å²) in [7, 11) is 0. The second-order valence-electron chi connectivity index (χ2n) is 5.70. The van der Waals surface area contributed by atoms with Gasteiger partial charge in [-0.05, 0) is 34.6 Å². The lowest BCUT2D eigenvalue weighted by atomic mass is 10.0. The van der Waals surface area contributed by atoms with Gasteiger partial charge in [0.1, 0.15) is 18.1 Å². The zero-order valence-corrected chi connectivity index (χ0v) is 11.0. The lowest BCUT2D eigenvalue weighted by Gasteiger charge is -2.41. The molecule has 1 rings (SSSR count). The first-order chi connectivity index (χ1) is 7.27. The SMILES string of the molecule is CC(C)[N+]([O])(Cc1ccccc1)C(C)(C)C. The van der Waals surface area contributed by atoms with Crippen LogP contribution >= 0.6 is 0 Å². The Kier molecular flexibility index (Phi) is 3.76. The summed E-state index contributed by atoms with van der Waals surface area (Å²) < 4.78 is -0.184. The predicted octanol–water partition coefficient (Wildman–Crippen LogP) is 3.56.